The molecule has 2 aromatic rings. The van der Waals surface area contributed by atoms with Crippen molar-refractivity contribution in [3.05, 3.63) is 59.0 Å². The highest BCUT2D eigenvalue weighted by Crippen LogP contribution is 2.32. The predicted octanol–water partition coefficient (Wildman–Crippen LogP) is 3.93. The van der Waals surface area contributed by atoms with Gasteiger partial charge in [0.2, 0.25) is 5.91 Å². The van der Waals surface area contributed by atoms with Gasteiger partial charge in [0.05, 0.1) is 19.1 Å². The molecule has 1 N–H and O–H groups in total. The SMILES string of the molecule is COc1ccc(/C=C2\SC(=S)N(CCC(=O)Nc3ccc(OC)cc3)C2=O)cc1. The molecule has 150 valence electrons. The molecule has 0 aliphatic carbocycles. The summed E-state index contributed by atoms with van der Waals surface area (Å²) in [7, 11) is 3.18. The van der Waals surface area contributed by atoms with E-state index in [1.165, 1.54) is 16.7 Å². The Balaban J connectivity index is 1.57. The maximum atomic E-state index is 12.7. The number of amides is 2. The molecule has 8 heteroatoms. The summed E-state index contributed by atoms with van der Waals surface area (Å²) in [4.78, 5) is 26.9. The third-order valence-corrected chi connectivity index (χ3v) is 5.60. The van der Waals surface area contributed by atoms with E-state index >= 15 is 0 Å². The van der Waals surface area contributed by atoms with Gasteiger partial charge in [0, 0.05) is 18.7 Å². The summed E-state index contributed by atoms with van der Waals surface area (Å²) in [5.74, 6) is 1.08. The molecule has 2 amide bonds. The number of anilines is 1. The number of thioether (sulfide) groups is 1. The first-order valence-electron chi connectivity index (χ1n) is 8.83. The number of hydrogen-bond donors (Lipinski definition) is 1. The van der Waals surface area contributed by atoms with Gasteiger partial charge in [-0.15, -0.1) is 0 Å². The molecule has 0 saturated carbocycles. The minimum Gasteiger partial charge on any atom is -0.497 e. The first-order chi connectivity index (χ1) is 14.0. The van der Waals surface area contributed by atoms with Gasteiger partial charge >= 0.3 is 0 Å². The Bertz CT molecular complexity index is 940. The van der Waals surface area contributed by atoms with Crippen molar-refractivity contribution in [3.63, 3.8) is 0 Å². The second-order valence-electron chi connectivity index (χ2n) is 6.13. The Hall–Kier alpha value is -2.84. The van der Waals surface area contributed by atoms with Crippen LogP contribution in [-0.2, 0) is 9.59 Å². The molecule has 1 aliphatic heterocycles. The zero-order valence-corrected chi connectivity index (χ0v) is 17.6. The van der Waals surface area contributed by atoms with Crippen LogP contribution in [0.2, 0.25) is 0 Å². The Morgan fingerprint density at radius 1 is 1.07 bits per heavy atom. The lowest BCUT2D eigenvalue weighted by Crippen LogP contribution is -2.31. The smallest absolute Gasteiger partial charge is 0.266 e. The first-order valence-corrected chi connectivity index (χ1v) is 10.1. The Morgan fingerprint density at radius 3 is 2.24 bits per heavy atom. The molecule has 1 saturated heterocycles. The lowest BCUT2D eigenvalue weighted by atomic mass is 10.2. The van der Waals surface area contributed by atoms with Gasteiger partial charge in [0.1, 0.15) is 15.8 Å². The fraction of sp³-hybridized carbons (Fsp3) is 0.190. The quantitative estimate of drug-likeness (QED) is 0.532. The summed E-state index contributed by atoms with van der Waals surface area (Å²) in [6.07, 6.45) is 1.93. The molecular formula is C21H20N2O4S2. The van der Waals surface area contributed by atoms with Gasteiger partial charge in [-0.1, -0.05) is 36.1 Å². The standard InChI is InChI=1S/C21H20N2O4S2/c1-26-16-7-3-14(4-8-16)13-18-20(25)23(21(28)29-18)12-11-19(24)22-15-5-9-17(27-2)10-6-15/h3-10,13H,11-12H2,1-2H3,(H,22,24)/b18-13-. The molecule has 0 aromatic heterocycles. The summed E-state index contributed by atoms with van der Waals surface area (Å²) in [5.41, 5.74) is 1.55. The van der Waals surface area contributed by atoms with Crippen LogP contribution in [0.3, 0.4) is 0 Å². The van der Waals surface area contributed by atoms with Crippen LogP contribution < -0.4 is 14.8 Å². The lowest BCUT2D eigenvalue weighted by molar-refractivity contribution is -0.122. The molecule has 0 spiro atoms. The number of ether oxygens (including phenoxy) is 2. The first kappa shape index (κ1) is 20.9. The monoisotopic (exact) mass is 428 g/mol. The van der Waals surface area contributed by atoms with Crippen molar-refractivity contribution in [1.82, 2.24) is 4.90 Å². The summed E-state index contributed by atoms with van der Waals surface area (Å²) in [6, 6.07) is 14.4. The number of carbonyl (C=O) groups is 2. The number of methoxy groups -OCH3 is 2. The number of nitrogens with one attached hydrogen (secondary N) is 1. The average molecular weight is 429 g/mol. The number of hydrogen-bond acceptors (Lipinski definition) is 6. The predicted molar refractivity (Wildman–Crippen MR) is 119 cm³/mol. The zero-order chi connectivity index (χ0) is 20.8. The summed E-state index contributed by atoms with van der Waals surface area (Å²) >= 11 is 6.56. The van der Waals surface area contributed by atoms with Crippen LogP contribution in [-0.4, -0.2) is 41.8 Å². The van der Waals surface area contributed by atoms with Gasteiger partial charge in [-0.3, -0.25) is 14.5 Å². The molecule has 1 aliphatic rings. The summed E-state index contributed by atoms with van der Waals surface area (Å²) in [6.45, 7) is 0.229. The van der Waals surface area contributed by atoms with Crippen LogP contribution in [0.15, 0.2) is 53.4 Å². The van der Waals surface area contributed by atoms with E-state index < -0.39 is 0 Å². The van der Waals surface area contributed by atoms with Crippen LogP contribution in [0.5, 0.6) is 11.5 Å². The summed E-state index contributed by atoms with van der Waals surface area (Å²) < 4.78 is 10.7. The average Bonchev–Trinajstić information content (AvgIpc) is 3.00. The Kier molecular flexibility index (Phi) is 6.90. The minimum atomic E-state index is -0.191. The van der Waals surface area contributed by atoms with Crippen molar-refractivity contribution >= 4 is 51.9 Å². The van der Waals surface area contributed by atoms with Crippen molar-refractivity contribution in [3.8, 4) is 11.5 Å². The normalized spacial score (nSPS) is 15.0. The number of thiocarbonyl (C=S) groups is 1. The van der Waals surface area contributed by atoms with E-state index in [0.717, 1.165) is 11.3 Å². The van der Waals surface area contributed by atoms with Crippen LogP contribution >= 0.6 is 24.0 Å². The molecule has 0 unspecified atom stereocenters. The topological polar surface area (TPSA) is 67.9 Å². The molecule has 29 heavy (non-hydrogen) atoms. The molecule has 0 atom stereocenters. The van der Waals surface area contributed by atoms with Gasteiger partial charge in [-0.25, -0.2) is 0 Å². The molecule has 1 fully saturated rings. The molecule has 2 aromatic carbocycles. The number of nitrogens with zero attached hydrogens (tertiary/aromatic N) is 1. The Morgan fingerprint density at radius 2 is 1.66 bits per heavy atom. The molecule has 6 nitrogen and oxygen atoms in total. The fourth-order valence-corrected chi connectivity index (χ4v) is 3.96. The van der Waals surface area contributed by atoms with E-state index in [1.807, 2.05) is 24.3 Å². The molecule has 0 bridgehead atoms. The minimum absolute atomic E-state index is 0.147. The third-order valence-electron chi connectivity index (χ3n) is 4.22. The van der Waals surface area contributed by atoms with Gasteiger partial charge < -0.3 is 14.8 Å². The zero-order valence-electron chi connectivity index (χ0n) is 16.0. The number of benzene rings is 2. The lowest BCUT2D eigenvalue weighted by Gasteiger charge is -2.14. The van der Waals surface area contributed by atoms with Gasteiger partial charge in [0.15, 0.2) is 0 Å². The highest BCUT2D eigenvalue weighted by atomic mass is 32.2. The second kappa shape index (κ2) is 9.58. The van der Waals surface area contributed by atoms with Gasteiger partial charge in [0.25, 0.3) is 5.91 Å². The molecule has 1 heterocycles. The third kappa shape index (κ3) is 5.36. The van der Waals surface area contributed by atoms with Crippen molar-refractivity contribution in [2.24, 2.45) is 0 Å². The van der Waals surface area contributed by atoms with E-state index in [4.69, 9.17) is 21.7 Å². The van der Waals surface area contributed by atoms with Gasteiger partial charge in [-0.05, 0) is 48.0 Å². The van der Waals surface area contributed by atoms with E-state index in [0.29, 0.717) is 20.7 Å². The van der Waals surface area contributed by atoms with Gasteiger partial charge in [-0.2, -0.15) is 0 Å². The van der Waals surface area contributed by atoms with Crippen LogP contribution in [0.4, 0.5) is 5.69 Å². The van der Waals surface area contributed by atoms with E-state index in [1.54, 1.807) is 44.6 Å². The van der Waals surface area contributed by atoms with Crippen LogP contribution in [0.25, 0.3) is 6.08 Å². The number of carbonyl (C=O) groups excluding carboxylic acids is 2. The highest BCUT2D eigenvalue weighted by molar-refractivity contribution is 8.26. The van der Waals surface area contributed by atoms with Crippen LogP contribution in [0.1, 0.15) is 12.0 Å². The second-order valence-corrected chi connectivity index (χ2v) is 7.81. The summed E-state index contributed by atoms with van der Waals surface area (Å²) in [5, 5.41) is 2.80. The van der Waals surface area contributed by atoms with Crippen molar-refractivity contribution in [2.75, 3.05) is 26.1 Å². The fourth-order valence-electron chi connectivity index (χ4n) is 2.66. The van der Waals surface area contributed by atoms with Crippen molar-refractivity contribution in [1.29, 1.82) is 0 Å². The van der Waals surface area contributed by atoms with Crippen LogP contribution in [0, 0.1) is 0 Å². The molecular weight excluding hydrogens is 408 g/mol. The van der Waals surface area contributed by atoms with E-state index in [2.05, 4.69) is 5.32 Å². The molecule has 3 rings (SSSR count). The highest BCUT2D eigenvalue weighted by Gasteiger charge is 2.32. The maximum absolute atomic E-state index is 12.7. The Labute approximate surface area is 178 Å². The number of rotatable bonds is 7. The van der Waals surface area contributed by atoms with Crippen molar-refractivity contribution < 1.29 is 19.1 Å². The largest absolute Gasteiger partial charge is 0.497 e. The van der Waals surface area contributed by atoms with E-state index in [9.17, 15) is 9.59 Å². The van der Waals surface area contributed by atoms with E-state index in [-0.39, 0.29) is 24.8 Å². The molecule has 0 radical (unpaired) electrons. The van der Waals surface area contributed by atoms with Crippen molar-refractivity contribution in [2.45, 2.75) is 6.42 Å². The maximum Gasteiger partial charge on any atom is 0.266 e.